The molecule has 2 aromatic heterocycles. The van der Waals surface area contributed by atoms with Crippen LogP contribution in [0.15, 0.2) is 66.4 Å². The highest BCUT2D eigenvalue weighted by Crippen LogP contribution is 2.54. The van der Waals surface area contributed by atoms with Crippen molar-refractivity contribution in [1.29, 1.82) is 0 Å². The average molecular weight is 696 g/mol. The summed E-state index contributed by atoms with van der Waals surface area (Å²) in [5, 5.41) is 2.37. The summed E-state index contributed by atoms with van der Waals surface area (Å²) in [6.45, 7) is 0. The number of hydrogen-bond donors (Lipinski definition) is 0. The zero-order valence-corrected chi connectivity index (χ0v) is 23.3. The van der Waals surface area contributed by atoms with Gasteiger partial charge in [-0.3, -0.25) is 0 Å². The monoisotopic (exact) mass is 692 g/mol. The second-order valence-corrected chi connectivity index (χ2v) is 11.8. The van der Waals surface area contributed by atoms with E-state index in [-0.39, 0.29) is 0 Å². The van der Waals surface area contributed by atoms with Crippen molar-refractivity contribution in [2.45, 2.75) is 0 Å². The topological polar surface area (TPSA) is 51.6 Å². The van der Waals surface area contributed by atoms with Crippen molar-refractivity contribution in [3.8, 4) is 45.0 Å². The lowest BCUT2D eigenvalue weighted by molar-refractivity contribution is 1.30. The third-order valence-corrected chi connectivity index (χ3v) is 10.3. The molecule has 0 atom stereocenters. The predicted molar refractivity (Wildman–Crippen MR) is 150 cm³/mol. The summed E-state index contributed by atoms with van der Waals surface area (Å²) in [6, 6.07) is 16.7. The molecule has 2 aliphatic rings. The normalized spacial score (nSPS) is 12.7. The first-order valence-corrected chi connectivity index (χ1v) is 13.6. The minimum absolute atomic E-state index is 0.864. The Kier molecular flexibility index (Phi) is 3.93. The van der Waals surface area contributed by atoms with Crippen LogP contribution in [-0.2, 0) is 0 Å². The minimum Gasteiger partial charge on any atom is -0.244 e. The highest BCUT2D eigenvalue weighted by Gasteiger charge is 2.32. The van der Waals surface area contributed by atoms with Crippen LogP contribution in [0.5, 0.6) is 0 Å². The van der Waals surface area contributed by atoms with Crippen LogP contribution in [-0.4, -0.2) is 19.9 Å². The van der Waals surface area contributed by atoms with E-state index in [1.54, 1.807) is 0 Å². The Hall–Kier alpha value is -2.26. The first kappa shape index (κ1) is 20.0. The molecule has 6 aromatic rings. The van der Waals surface area contributed by atoms with Crippen molar-refractivity contribution < 1.29 is 0 Å². The van der Waals surface area contributed by atoms with Gasteiger partial charge in [0.05, 0.1) is 44.8 Å². The van der Waals surface area contributed by atoms with Crippen LogP contribution >= 0.6 is 63.7 Å². The molecular formula is C26H8Br4N4. The molecule has 4 nitrogen and oxygen atoms in total. The minimum atomic E-state index is 0.864. The van der Waals surface area contributed by atoms with Crippen molar-refractivity contribution in [2.24, 2.45) is 0 Å². The fraction of sp³-hybridized carbons (Fsp3) is 0. The molecular weight excluding hydrogens is 688 g/mol. The largest absolute Gasteiger partial charge is 0.244 e. The summed E-state index contributed by atoms with van der Waals surface area (Å²) >= 11 is 14.4. The van der Waals surface area contributed by atoms with E-state index in [9.17, 15) is 0 Å². The van der Waals surface area contributed by atoms with Crippen molar-refractivity contribution >= 4 is 96.6 Å². The average Bonchev–Trinajstić information content (AvgIpc) is 3.29. The predicted octanol–water partition coefficient (Wildman–Crippen LogP) is 9.07. The molecule has 0 saturated heterocycles. The van der Waals surface area contributed by atoms with Gasteiger partial charge in [0, 0.05) is 50.9 Å². The highest BCUT2D eigenvalue weighted by molar-refractivity contribution is 9.13. The van der Waals surface area contributed by atoms with Gasteiger partial charge < -0.3 is 0 Å². The van der Waals surface area contributed by atoms with E-state index >= 15 is 0 Å². The SMILES string of the molecule is Brc1cc2nc3c(nc2cc1Br)-c1ccc2c4c(ccc-3c14)-c1nc3cc(Br)c(Br)cc3nc1-2. The number of halogens is 4. The first-order valence-electron chi connectivity index (χ1n) is 10.4. The Bertz CT molecular complexity index is 1690. The smallest absolute Gasteiger partial charge is 0.0979 e. The van der Waals surface area contributed by atoms with Gasteiger partial charge in [0.15, 0.2) is 0 Å². The molecule has 2 aliphatic carbocycles. The second-order valence-electron chi connectivity index (χ2n) is 8.42. The summed E-state index contributed by atoms with van der Waals surface area (Å²) in [5.74, 6) is 0. The van der Waals surface area contributed by atoms with Crippen LogP contribution in [0.4, 0.5) is 0 Å². The van der Waals surface area contributed by atoms with E-state index in [4.69, 9.17) is 19.9 Å². The van der Waals surface area contributed by atoms with Gasteiger partial charge in [0.1, 0.15) is 0 Å². The molecule has 4 aromatic carbocycles. The van der Waals surface area contributed by atoms with Crippen LogP contribution < -0.4 is 0 Å². The van der Waals surface area contributed by atoms with Crippen LogP contribution in [0.25, 0.3) is 77.9 Å². The molecule has 0 amide bonds. The van der Waals surface area contributed by atoms with E-state index in [1.807, 2.05) is 24.3 Å². The molecule has 2 heterocycles. The molecule has 0 fully saturated rings. The summed E-state index contributed by atoms with van der Waals surface area (Å²) in [7, 11) is 0. The summed E-state index contributed by atoms with van der Waals surface area (Å²) < 4.78 is 3.85. The van der Waals surface area contributed by atoms with Gasteiger partial charge in [-0.2, -0.15) is 0 Å². The van der Waals surface area contributed by atoms with E-state index in [2.05, 4.69) is 88.0 Å². The van der Waals surface area contributed by atoms with Gasteiger partial charge in [-0.15, -0.1) is 0 Å². The fourth-order valence-corrected chi connectivity index (χ4v) is 6.46. The lowest BCUT2D eigenvalue weighted by atomic mass is 9.99. The first-order chi connectivity index (χ1) is 16.5. The molecule has 0 spiro atoms. The Morgan fingerprint density at radius 1 is 0.382 bits per heavy atom. The van der Waals surface area contributed by atoms with E-state index < -0.39 is 0 Å². The molecule has 8 rings (SSSR count). The van der Waals surface area contributed by atoms with Gasteiger partial charge in [0.25, 0.3) is 0 Å². The number of nitrogens with zero attached hydrogens (tertiary/aromatic N) is 4. The Morgan fingerprint density at radius 2 is 0.618 bits per heavy atom. The standard InChI is InChI=1S/C26H8Br4N4/c27-13-5-17-18(6-14(13)28)33-25-11-3-4-12-22-10(2-1-9(21(11)22)23(25)31-17)24-26(12)34-20-8-16(30)15(29)7-19(20)32-24/h1-8H. The third kappa shape index (κ3) is 2.47. The summed E-state index contributed by atoms with van der Waals surface area (Å²) in [6.07, 6.45) is 0. The van der Waals surface area contributed by atoms with Crippen molar-refractivity contribution in [1.82, 2.24) is 19.9 Å². The number of benzene rings is 4. The molecule has 0 N–H and O–H groups in total. The Morgan fingerprint density at radius 3 is 0.853 bits per heavy atom. The van der Waals surface area contributed by atoms with E-state index in [1.165, 1.54) is 10.8 Å². The number of aromatic nitrogens is 4. The summed E-state index contributed by atoms with van der Waals surface area (Å²) in [5.41, 5.74) is 11.6. The maximum absolute atomic E-state index is 5.04. The molecule has 0 unspecified atom stereocenters. The molecule has 0 radical (unpaired) electrons. The van der Waals surface area contributed by atoms with Gasteiger partial charge in [-0.1, -0.05) is 24.3 Å². The summed E-state index contributed by atoms with van der Waals surface area (Å²) in [4.78, 5) is 20.1. The van der Waals surface area contributed by atoms with Gasteiger partial charge in [0.2, 0.25) is 0 Å². The lowest BCUT2D eigenvalue weighted by Gasteiger charge is -2.06. The number of fused-ring (bicyclic) bond motifs is 8. The van der Waals surface area contributed by atoms with Crippen LogP contribution in [0.1, 0.15) is 0 Å². The zero-order chi connectivity index (χ0) is 22.9. The van der Waals surface area contributed by atoms with E-state index in [0.717, 1.165) is 85.0 Å². The zero-order valence-electron chi connectivity index (χ0n) is 16.9. The fourth-order valence-electron chi connectivity index (χ4n) is 5.14. The molecule has 0 bridgehead atoms. The second kappa shape index (κ2) is 6.69. The highest BCUT2D eigenvalue weighted by atomic mass is 79.9. The quantitative estimate of drug-likeness (QED) is 0.159. The maximum atomic E-state index is 5.04. The molecule has 8 heteroatoms. The molecule has 0 aliphatic heterocycles. The van der Waals surface area contributed by atoms with Crippen LogP contribution in [0, 0.1) is 0 Å². The van der Waals surface area contributed by atoms with Crippen molar-refractivity contribution in [3.05, 3.63) is 66.4 Å². The lowest BCUT2D eigenvalue weighted by Crippen LogP contribution is -1.92. The van der Waals surface area contributed by atoms with Gasteiger partial charge >= 0.3 is 0 Å². The molecule has 34 heavy (non-hydrogen) atoms. The number of rotatable bonds is 0. The van der Waals surface area contributed by atoms with Crippen LogP contribution in [0.2, 0.25) is 0 Å². The maximum Gasteiger partial charge on any atom is 0.0979 e. The third-order valence-electron chi connectivity index (χ3n) is 6.59. The molecule has 0 saturated carbocycles. The van der Waals surface area contributed by atoms with Crippen molar-refractivity contribution in [3.63, 3.8) is 0 Å². The molecule has 160 valence electrons. The Balaban J connectivity index is 1.46. The van der Waals surface area contributed by atoms with Gasteiger partial charge in [-0.05, 0) is 88.0 Å². The Labute approximate surface area is 226 Å². The van der Waals surface area contributed by atoms with E-state index in [0.29, 0.717) is 0 Å². The number of hydrogen-bond acceptors (Lipinski definition) is 4. The van der Waals surface area contributed by atoms with Crippen LogP contribution in [0.3, 0.4) is 0 Å². The van der Waals surface area contributed by atoms with Crippen molar-refractivity contribution in [2.75, 3.05) is 0 Å². The van der Waals surface area contributed by atoms with Gasteiger partial charge in [-0.25, -0.2) is 19.9 Å².